The molecular weight excluding hydrogens is 482 g/mol. The molecule has 2 aromatic carbocycles. The molecule has 0 aromatic heterocycles. The first-order chi connectivity index (χ1) is 15.1. The maximum atomic E-state index is 13.4. The van der Waals surface area contributed by atoms with Crippen molar-refractivity contribution in [2.45, 2.75) is 65.4 Å². The monoisotopic (exact) mass is 512 g/mol. The predicted octanol–water partition coefficient (Wildman–Crippen LogP) is 6.86. The lowest BCUT2D eigenvalue weighted by molar-refractivity contribution is -0.143. The number of carbonyl (C=O) groups is 1. The summed E-state index contributed by atoms with van der Waals surface area (Å²) in [5.41, 5.74) is 2.20. The van der Waals surface area contributed by atoms with Gasteiger partial charge >= 0.3 is 5.97 Å². The maximum Gasteiger partial charge on any atom is 0.306 e. The average molecular weight is 513 g/mol. The molecule has 2 rings (SSSR count). The maximum absolute atomic E-state index is 13.4. The molecule has 0 unspecified atom stereocenters. The molecule has 1 atom stereocenters. The SMILES string of the molecule is CCOC(=O)CCc1ccc(OCC[C@@H](C)Oc2ccc(C(C)(F)F)cc2Br)cc1CC. The molecule has 0 N–H and O–H groups in total. The van der Waals surface area contributed by atoms with E-state index in [1.807, 2.05) is 25.1 Å². The first-order valence-corrected chi connectivity index (χ1v) is 11.7. The number of carbonyl (C=O) groups excluding carboxylic acids is 1. The van der Waals surface area contributed by atoms with E-state index in [1.165, 1.54) is 12.1 Å². The van der Waals surface area contributed by atoms with Crippen LogP contribution < -0.4 is 9.47 Å². The fraction of sp³-hybridized carbons (Fsp3) is 0.480. The summed E-state index contributed by atoms with van der Waals surface area (Å²) in [5, 5.41) is 0. The highest BCUT2D eigenvalue weighted by atomic mass is 79.9. The molecule has 2 aromatic rings. The topological polar surface area (TPSA) is 44.8 Å². The highest BCUT2D eigenvalue weighted by Crippen LogP contribution is 2.34. The van der Waals surface area contributed by atoms with Crippen molar-refractivity contribution in [3.8, 4) is 11.5 Å². The Labute approximate surface area is 197 Å². The van der Waals surface area contributed by atoms with Crippen LogP contribution in [0, 0.1) is 0 Å². The Kier molecular flexibility index (Phi) is 9.94. The Morgan fingerprint density at radius 2 is 1.88 bits per heavy atom. The molecule has 0 radical (unpaired) electrons. The first-order valence-electron chi connectivity index (χ1n) is 10.9. The normalized spacial score (nSPS) is 12.3. The minimum absolute atomic E-state index is 0.0647. The highest BCUT2D eigenvalue weighted by molar-refractivity contribution is 9.10. The Hall–Kier alpha value is -2.15. The van der Waals surface area contributed by atoms with Crippen molar-refractivity contribution < 1.29 is 27.8 Å². The van der Waals surface area contributed by atoms with E-state index in [1.54, 1.807) is 13.0 Å². The molecule has 0 aliphatic carbocycles. The minimum atomic E-state index is -2.90. The van der Waals surface area contributed by atoms with Crippen LogP contribution in [0.4, 0.5) is 8.78 Å². The molecule has 0 bridgehead atoms. The second-order valence-corrected chi connectivity index (χ2v) is 8.54. The third-order valence-corrected chi connectivity index (χ3v) is 5.64. The number of aryl methyl sites for hydroxylation is 2. The number of ether oxygens (including phenoxy) is 3. The van der Waals surface area contributed by atoms with Crippen LogP contribution in [0.15, 0.2) is 40.9 Å². The Bertz CT molecular complexity index is 896. The molecule has 0 aliphatic heterocycles. The fourth-order valence-electron chi connectivity index (χ4n) is 3.22. The Morgan fingerprint density at radius 3 is 2.50 bits per heavy atom. The van der Waals surface area contributed by atoms with Gasteiger partial charge in [0.15, 0.2) is 0 Å². The molecule has 0 saturated carbocycles. The lowest BCUT2D eigenvalue weighted by Crippen LogP contribution is -2.16. The summed E-state index contributed by atoms with van der Waals surface area (Å²) in [6.07, 6.45) is 2.32. The molecule has 176 valence electrons. The van der Waals surface area contributed by atoms with Crippen LogP contribution in [0.5, 0.6) is 11.5 Å². The summed E-state index contributed by atoms with van der Waals surface area (Å²) in [6.45, 7) is 7.50. The number of alkyl halides is 2. The summed E-state index contributed by atoms with van der Waals surface area (Å²) in [6, 6.07) is 10.2. The van der Waals surface area contributed by atoms with Crippen LogP contribution in [0.3, 0.4) is 0 Å². The third-order valence-electron chi connectivity index (χ3n) is 5.02. The molecule has 0 amide bonds. The quantitative estimate of drug-likeness (QED) is 0.291. The summed E-state index contributed by atoms with van der Waals surface area (Å²) in [7, 11) is 0. The van der Waals surface area contributed by atoms with Gasteiger partial charge in [0.25, 0.3) is 5.92 Å². The van der Waals surface area contributed by atoms with E-state index in [9.17, 15) is 13.6 Å². The summed E-state index contributed by atoms with van der Waals surface area (Å²) < 4.78 is 44.1. The van der Waals surface area contributed by atoms with Gasteiger partial charge in [-0.1, -0.05) is 13.0 Å². The molecule has 0 heterocycles. The van der Waals surface area contributed by atoms with E-state index in [0.717, 1.165) is 30.2 Å². The van der Waals surface area contributed by atoms with Gasteiger partial charge in [-0.05, 0) is 84.1 Å². The first kappa shape index (κ1) is 26.1. The molecular formula is C25H31BrF2O4. The molecule has 0 saturated heterocycles. The van der Waals surface area contributed by atoms with Crippen molar-refractivity contribution in [1.29, 1.82) is 0 Å². The van der Waals surface area contributed by atoms with E-state index in [-0.39, 0.29) is 17.6 Å². The van der Waals surface area contributed by atoms with Crippen molar-refractivity contribution in [3.05, 3.63) is 57.6 Å². The largest absolute Gasteiger partial charge is 0.493 e. The molecule has 0 aliphatic rings. The van der Waals surface area contributed by atoms with Crippen LogP contribution in [-0.2, 0) is 28.3 Å². The van der Waals surface area contributed by atoms with Gasteiger partial charge in [-0.3, -0.25) is 4.79 Å². The number of rotatable bonds is 12. The molecule has 4 nitrogen and oxygen atoms in total. The van der Waals surface area contributed by atoms with Gasteiger partial charge in [-0.15, -0.1) is 0 Å². The summed E-state index contributed by atoms with van der Waals surface area (Å²) in [5.74, 6) is -1.80. The number of halogens is 3. The van der Waals surface area contributed by atoms with Crippen molar-refractivity contribution in [2.24, 2.45) is 0 Å². The zero-order valence-corrected chi connectivity index (χ0v) is 20.6. The second-order valence-electron chi connectivity index (χ2n) is 7.69. The summed E-state index contributed by atoms with van der Waals surface area (Å²) >= 11 is 3.31. The van der Waals surface area contributed by atoms with Gasteiger partial charge < -0.3 is 14.2 Å². The zero-order chi connectivity index (χ0) is 23.7. The third kappa shape index (κ3) is 8.08. The van der Waals surface area contributed by atoms with Crippen LogP contribution in [0.25, 0.3) is 0 Å². The number of esters is 1. The lowest BCUT2D eigenvalue weighted by Gasteiger charge is -2.18. The van der Waals surface area contributed by atoms with Gasteiger partial charge in [0, 0.05) is 25.3 Å². The zero-order valence-electron chi connectivity index (χ0n) is 19.1. The average Bonchev–Trinajstić information content (AvgIpc) is 2.73. The van der Waals surface area contributed by atoms with Crippen LogP contribution in [0.2, 0.25) is 0 Å². The van der Waals surface area contributed by atoms with Crippen LogP contribution in [0.1, 0.15) is 57.2 Å². The smallest absolute Gasteiger partial charge is 0.306 e. The van der Waals surface area contributed by atoms with E-state index in [2.05, 4.69) is 22.9 Å². The number of benzene rings is 2. The Morgan fingerprint density at radius 1 is 1.12 bits per heavy atom. The standard InChI is InChI=1S/C25H31BrF2O4/c1-5-18-15-21(10-7-19(18)8-12-24(29)30-6-2)31-14-13-17(3)32-23-11-9-20(16-22(23)26)25(4,27)28/h7,9-11,15-17H,5-6,8,12-14H2,1-4H3/t17-/m1/s1. The van der Waals surface area contributed by atoms with Gasteiger partial charge in [0.05, 0.1) is 23.8 Å². The summed E-state index contributed by atoms with van der Waals surface area (Å²) in [4.78, 5) is 11.6. The second kappa shape index (κ2) is 12.2. The van der Waals surface area contributed by atoms with Gasteiger partial charge in [-0.25, -0.2) is 8.78 Å². The van der Waals surface area contributed by atoms with Gasteiger partial charge in [0.1, 0.15) is 11.5 Å². The van der Waals surface area contributed by atoms with Gasteiger partial charge in [0.2, 0.25) is 0 Å². The van der Waals surface area contributed by atoms with E-state index >= 15 is 0 Å². The lowest BCUT2D eigenvalue weighted by atomic mass is 10.0. The number of hydrogen-bond donors (Lipinski definition) is 0. The molecule has 0 fully saturated rings. The van der Waals surface area contributed by atoms with Crippen molar-refractivity contribution in [2.75, 3.05) is 13.2 Å². The van der Waals surface area contributed by atoms with E-state index < -0.39 is 5.92 Å². The minimum Gasteiger partial charge on any atom is -0.493 e. The molecule has 32 heavy (non-hydrogen) atoms. The fourth-order valence-corrected chi connectivity index (χ4v) is 3.70. The van der Waals surface area contributed by atoms with Crippen LogP contribution in [-0.4, -0.2) is 25.3 Å². The highest BCUT2D eigenvalue weighted by Gasteiger charge is 2.25. The number of hydrogen-bond acceptors (Lipinski definition) is 4. The van der Waals surface area contributed by atoms with Crippen LogP contribution >= 0.6 is 15.9 Å². The van der Waals surface area contributed by atoms with E-state index in [4.69, 9.17) is 14.2 Å². The molecule has 0 spiro atoms. The molecule has 7 heteroatoms. The van der Waals surface area contributed by atoms with Crippen molar-refractivity contribution in [3.63, 3.8) is 0 Å². The van der Waals surface area contributed by atoms with Crippen molar-refractivity contribution in [1.82, 2.24) is 0 Å². The van der Waals surface area contributed by atoms with E-state index in [0.29, 0.717) is 42.7 Å². The van der Waals surface area contributed by atoms with Crippen molar-refractivity contribution >= 4 is 21.9 Å². The predicted molar refractivity (Wildman–Crippen MR) is 125 cm³/mol. The Balaban J connectivity index is 1.86. The van der Waals surface area contributed by atoms with Gasteiger partial charge in [-0.2, -0.15) is 0 Å².